The fourth-order valence-corrected chi connectivity index (χ4v) is 0.353. The zero-order valence-electron chi connectivity index (χ0n) is 4.23. The minimum Gasteiger partial charge on any atom is -0.420 e. The summed E-state index contributed by atoms with van der Waals surface area (Å²) in [6.07, 6.45) is -0.182. The van der Waals surface area contributed by atoms with Crippen LogP contribution in [0.5, 0.6) is 0 Å². The first-order valence-corrected chi connectivity index (χ1v) is 2.61. The molecule has 0 aromatic heterocycles. The number of halogens is 2. The molecule has 1 nitrogen and oxygen atoms in total. The van der Waals surface area contributed by atoms with E-state index in [4.69, 9.17) is 0 Å². The summed E-state index contributed by atoms with van der Waals surface area (Å²) in [4.78, 5) is 0. The third-order valence-corrected chi connectivity index (χ3v) is 1.03. The van der Waals surface area contributed by atoms with Crippen molar-refractivity contribution in [2.24, 2.45) is 0 Å². The van der Waals surface area contributed by atoms with Crippen LogP contribution in [0.25, 0.3) is 0 Å². The summed E-state index contributed by atoms with van der Waals surface area (Å²) in [5, 5.41) is 0. The van der Waals surface area contributed by atoms with Crippen molar-refractivity contribution in [2.45, 2.75) is 6.17 Å². The van der Waals surface area contributed by atoms with Crippen LogP contribution in [-0.2, 0) is 3.83 Å². The topological polar surface area (TPSA) is 9.23 Å². The molecule has 0 spiro atoms. The van der Waals surface area contributed by atoms with Gasteiger partial charge in [-0.2, -0.15) is 0 Å². The molecule has 0 radical (unpaired) electrons. The van der Waals surface area contributed by atoms with Gasteiger partial charge in [0.05, 0.1) is 0 Å². The summed E-state index contributed by atoms with van der Waals surface area (Å²) >= 11 is 2.57. The lowest BCUT2D eigenvalue weighted by Gasteiger charge is -2.00. The van der Waals surface area contributed by atoms with Crippen LogP contribution in [0.2, 0.25) is 0 Å². The van der Waals surface area contributed by atoms with Crippen molar-refractivity contribution in [3.63, 3.8) is 0 Å². The molecule has 0 amide bonds. The van der Waals surface area contributed by atoms with Crippen LogP contribution < -0.4 is 0 Å². The van der Waals surface area contributed by atoms with Crippen LogP contribution in [0.3, 0.4) is 0 Å². The van der Waals surface area contributed by atoms with Crippen molar-refractivity contribution < 1.29 is 8.22 Å². The van der Waals surface area contributed by atoms with E-state index >= 15 is 0 Å². The van der Waals surface area contributed by atoms with E-state index < -0.39 is 6.17 Å². The molecule has 8 heavy (non-hydrogen) atoms. The second-order valence-corrected chi connectivity index (χ2v) is 1.50. The Morgan fingerprint density at radius 3 is 2.50 bits per heavy atom. The Morgan fingerprint density at radius 2 is 2.38 bits per heavy atom. The first kappa shape index (κ1) is 7.69. The van der Waals surface area contributed by atoms with Gasteiger partial charge in [0.15, 0.2) is 22.4 Å². The van der Waals surface area contributed by atoms with Crippen LogP contribution in [0.4, 0.5) is 4.39 Å². The molecule has 1 unspecified atom stereocenters. The van der Waals surface area contributed by atoms with E-state index in [1.54, 1.807) is 0 Å². The average Bonchev–Trinajstić information content (AvgIpc) is 1.84. The van der Waals surface area contributed by atoms with Gasteiger partial charge in [0, 0.05) is 0 Å². The largest absolute Gasteiger partial charge is 0.420 e. The Kier molecular flexibility index (Phi) is 3.52. The van der Waals surface area contributed by atoms with Gasteiger partial charge >= 0.3 is 0 Å². The van der Waals surface area contributed by atoms with Crippen LogP contribution in [0.1, 0.15) is 0 Å². The first-order valence-electron chi connectivity index (χ1n) is 1.96. The summed E-state index contributed by atoms with van der Waals surface area (Å²) in [6, 6.07) is 0. The fourth-order valence-electron chi connectivity index (χ4n) is 0.174. The minimum atomic E-state index is -1.28. The molecule has 1 atom stereocenters. The molecule has 0 saturated carbocycles. The van der Waals surface area contributed by atoms with E-state index in [-0.39, 0.29) is 5.76 Å². The Labute approximate surface area is 56.3 Å². The van der Waals surface area contributed by atoms with Gasteiger partial charge in [0.1, 0.15) is 5.76 Å². The zero-order chi connectivity index (χ0) is 6.57. The lowest BCUT2D eigenvalue weighted by Crippen LogP contribution is -1.96. The van der Waals surface area contributed by atoms with E-state index in [9.17, 15) is 4.39 Å². The first-order chi connectivity index (χ1) is 3.72. The predicted octanol–water partition coefficient (Wildman–Crippen LogP) is 2.35. The molecule has 3 heteroatoms. The molecule has 0 heterocycles. The van der Waals surface area contributed by atoms with Gasteiger partial charge in [0.2, 0.25) is 0 Å². The monoisotopic (exact) mass is 180 g/mol. The summed E-state index contributed by atoms with van der Waals surface area (Å²) in [5.41, 5.74) is 0. The van der Waals surface area contributed by atoms with E-state index in [0.29, 0.717) is 0 Å². The molecular weight excluding hydrogens is 175 g/mol. The summed E-state index contributed by atoms with van der Waals surface area (Å²) < 4.78 is 16.4. The van der Waals surface area contributed by atoms with Crippen molar-refractivity contribution in [1.29, 1.82) is 0 Å². The number of hydrogen-bond acceptors (Lipinski definition) is 1. The van der Waals surface area contributed by atoms with Gasteiger partial charge in [0.25, 0.3) is 0 Å². The highest BCUT2D eigenvalue weighted by molar-refractivity contribution is 9.06. The minimum absolute atomic E-state index is 0.0139. The van der Waals surface area contributed by atoms with Crippen LogP contribution >= 0.6 is 16.3 Å². The molecule has 46 valence electrons. The van der Waals surface area contributed by atoms with Crippen molar-refractivity contribution in [3.8, 4) is 0 Å². The maximum atomic E-state index is 12.2. The molecule has 0 N–H and O–H groups in total. The average molecular weight is 181 g/mol. The SMILES string of the molecule is C=CC(F)C(=C)OBr. The normalized spacial score (nSPS) is 12.2. The van der Waals surface area contributed by atoms with Gasteiger partial charge < -0.3 is 3.83 Å². The van der Waals surface area contributed by atoms with E-state index in [0.717, 1.165) is 6.08 Å². The van der Waals surface area contributed by atoms with Crippen LogP contribution in [0.15, 0.2) is 25.0 Å². The third-order valence-electron chi connectivity index (χ3n) is 0.614. The van der Waals surface area contributed by atoms with Gasteiger partial charge in [-0.1, -0.05) is 19.2 Å². The fraction of sp³-hybridized carbons (Fsp3) is 0.200. The highest BCUT2D eigenvalue weighted by Gasteiger charge is 2.04. The highest BCUT2D eigenvalue weighted by Crippen LogP contribution is 2.09. The quantitative estimate of drug-likeness (QED) is 0.479. The van der Waals surface area contributed by atoms with Crippen molar-refractivity contribution in [2.75, 3.05) is 0 Å². The highest BCUT2D eigenvalue weighted by atomic mass is 79.9. The molecule has 0 rings (SSSR count). The number of alkyl halides is 1. The summed E-state index contributed by atoms with van der Waals surface area (Å²) in [5.74, 6) is 0.0139. The van der Waals surface area contributed by atoms with Gasteiger partial charge in [-0.15, -0.1) is 0 Å². The number of rotatable bonds is 3. The van der Waals surface area contributed by atoms with E-state index in [1.165, 1.54) is 0 Å². The van der Waals surface area contributed by atoms with E-state index in [2.05, 4.69) is 33.2 Å². The third kappa shape index (κ3) is 2.12. The van der Waals surface area contributed by atoms with Crippen molar-refractivity contribution >= 4 is 16.3 Å². The predicted molar refractivity (Wildman–Crippen MR) is 34.2 cm³/mol. The molecule has 0 fully saturated rings. The number of allylic oxidation sites excluding steroid dienone is 1. The molecule has 0 aromatic rings. The molecular formula is C5H6BrFO. The maximum absolute atomic E-state index is 12.2. The molecule has 0 bridgehead atoms. The number of hydrogen-bond donors (Lipinski definition) is 0. The summed E-state index contributed by atoms with van der Waals surface area (Å²) in [7, 11) is 0. The second-order valence-electron chi connectivity index (χ2n) is 1.18. The zero-order valence-corrected chi connectivity index (χ0v) is 5.82. The second kappa shape index (κ2) is 3.66. The maximum Gasteiger partial charge on any atom is 0.178 e. The van der Waals surface area contributed by atoms with Gasteiger partial charge in [-0.3, -0.25) is 0 Å². The van der Waals surface area contributed by atoms with Gasteiger partial charge in [-0.05, 0) is 0 Å². The molecule has 0 saturated heterocycles. The smallest absolute Gasteiger partial charge is 0.178 e. The molecule has 0 aliphatic rings. The van der Waals surface area contributed by atoms with E-state index in [1.807, 2.05) is 0 Å². The molecule has 0 aromatic carbocycles. The lowest BCUT2D eigenvalue weighted by molar-refractivity contribution is 0.352. The van der Waals surface area contributed by atoms with Crippen LogP contribution in [0, 0.1) is 0 Å². The molecule has 0 aliphatic heterocycles. The van der Waals surface area contributed by atoms with Crippen molar-refractivity contribution in [3.05, 3.63) is 25.0 Å². The molecule has 0 aliphatic carbocycles. The Morgan fingerprint density at radius 1 is 1.88 bits per heavy atom. The Bertz CT molecular complexity index is 103. The van der Waals surface area contributed by atoms with Gasteiger partial charge in [-0.25, -0.2) is 4.39 Å². The Balaban J connectivity index is 3.62. The summed E-state index contributed by atoms with van der Waals surface area (Å²) in [6.45, 7) is 6.42. The van der Waals surface area contributed by atoms with Crippen LogP contribution in [-0.4, -0.2) is 6.17 Å². The standard InChI is InChI=1S/C5H6BrFO/c1-3-5(7)4(2)8-6/h3,5H,1-2H2. The lowest BCUT2D eigenvalue weighted by atomic mass is 10.3. The van der Waals surface area contributed by atoms with Crippen molar-refractivity contribution in [1.82, 2.24) is 0 Å². The Hall–Kier alpha value is -0.310.